The first-order valence-corrected chi connectivity index (χ1v) is 9.60. The van der Waals surface area contributed by atoms with Crippen molar-refractivity contribution < 1.29 is 19.2 Å². The third-order valence-electron chi connectivity index (χ3n) is 4.44. The van der Waals surface area contributed by atoms with E-state index in [0.717, 1.165) is 48.6 Å². The molecule has 1 aromatic carbocycles. The first kappa shape index (κ1) is 19.3. The number of hydrogen-bond acceptors (Lipinski definition) is 6. The number of halogens is 1. The fraction of sp³-hybridized carbons (Fsp3) is 0.333. The highest BCUT2D eigenvalue weighted by Crippen LogP contribution is 2.38. The quantitative estimate of drug-likeness (QED) is 0.344. The summed E-state index contributed by atoms with van der Waals surface area (Å²) in [6.45, 7) is 0. The number of anilines is 1. The van der Waals surface area contributed by atoms with Gasteiger partial charge in [0, 0.05) is 17.0 Å². The third kappa shape index (κ3) is 3.96. The Hall–Kier alpha value is -2.45. The fourth-order valence-electron chi connectivity index (χ4n) is 3.12. The highest BCUT2D eigenvalue weighted by molar-refractivity contribution is 7.17. The van der Waals surface area contributed by atoms with Crippen LogP contribution in [0.3, 0.4) is 0 Å². The van der Waals surface area contributed by atoms with Gasteiger partial charge >= 0.3 is 5.97 Å². The van der Waals surface area contributed by atoms with Crippen LogP contribution in [0.4, 0.5) is 10.7 Å². The summed E-state index contributed by atoms with van der Waals surface area (Å²) in [6.07, 6.45) is 4.68. The molecule has 1 N–H and O–H groups in total. The maximum absolute atomic E-state index is 12.7. The number of carbonyl (C=O) groups excluding carboxylic acids is 2. The Morgan fingerprint density at radius 2 is 2.00 bits per heavy atom. The van der Waals surface area contributed by atoms with Gasteiger partial charge in [0.25, 0.3) is 11.6 Å². The van der Waals surface area contributed by atoms with Crippen LogP contribution in [0.2, 0.25) is 5.02 Å². The summed E-state index contributed by atoms with van der Waals surface area (Å²) in [4.78, 5) is 36.4. The van der Waals surface area contributed by atoms with Crippen molar-refractivity contribution in [3.63, 3.8) is 0 Å². The van der Waals surface area contributed by atoms with Crippen molar-refractivity contribution in [1.29, 1.82) is 0 Å². The number of esters is 1. The SMILES string of the molecule is COC(=O)c1c(NC(=O)c2cc([N+](=O)[O-])ccc2Cl)sc2c1CCCCC2. The van der Waals surface area contributed by atoms with E-state index < -0.39 is 16.8 Å². The van der Waals surface area contributed by atoms with Gasteiger partial charge in [-0.1, -0.05) is 18.0 Å². The second kappa shape index (κ2) is 8.06. The molecule has 0 aliphatic heterocycles. The summed E-state index contributed by atoms with van der Waals surface area (Å²) in [5, 5.41) is 14.1. The van der Waals surface area contributed by atoms with Gasteiger partial charge in [-0.15, -0.1) is 11.3 Å². The molecule has 7 nitrogen and oxygen atoms in total. The Kier molecular flexibility index (Phi) is 5.76. The van der Waals surface area contributed by atoms with Crippen LogP contribution in [0, 0.1) is 10.1 Å². The lowest BCUT2D eigenvalue weighted by Crippen LogP contribution is -2.15. The lowest BCUT2D eigenvalue weighted by Gasteiger charge is -2.08. The number of ether oxygens (including phenoxy) is 1. The predicted molar refractivity (Wildman–Crippen MR) is 103 cm³/mol. The Bertz CT molecular complexity index is 925. The van der Waals surface area contributed by atoms with Crippen molar-refractivity contribution in [3.8, 4) is 0 Å². The third-order valence-corrected chi connectivity index (χ3v) is 5.98. The summed E-state index contributed by atoms with van der Waals surface area (Å²) in [5.74, 6) is -1.11. The second-order valence-electron chi connectivity index (χ2n) is 6.14. The molecule has 1 heterocycles. The first-order chi connectivity index (χ1) is 12.9. The van der Waals surface area contributed by atoms with Gasteiger partial charge in [-0.3, -0.25) is 14.9 Å². The smallest absolute Gasteiger partial charge is 0.341 e. The van der Waals surface area contributed by atoms with E-state index in [-0.39, 0.29) is 16.3 Å². The number of benzene rings is 1. The average Bonchev–Trinajstić information content (AvgIpc) is 2.82. The molecule has 0 spiro atoms. The molecule has 2 aromatic rings. The number of methoxy groups -OCH3 is 1. The van der Waals surface area contributed by atoms with E-state index in [2.05, 4.69) is 5.32 Å². The number of amides is 1. The molecule has 0 atom stereocenters. The summed E-state index contributed by atoms with van der Waals surface area (Å²) >= 11 is 7.39. The molecule has 0 unspecified atom stereocenters. The minimum absolute atomic E-state index is 0.0229. The minimum Gasteiger partial charge on any atom is -0.465 e. The summed E-state index contributed by atoms with van der Waals surface area (Å²) in [7, 11) is 1.30. The number of nitrogens with zero attached hydrogens (tertiary/aromatic N) is 1. The van der Waals surface area contributed by atoms with E-state index in [1.807, 2.05) is 0 Å². The lowest BCUT2D eigenvalue weighted by molar-refractivity contribution is -0.384. The minimum atomic E-state index is -0.606. The lowest BCUT2D eigenvalue weighted by atomic mass is 10.1. The average molecular weight is 409 g/mol. The van der Waals surface area contributed by atoms with E-state index in [4.69, 9.17) is 16.3 Å². The zero-order chi connectivity index (χ0) is 19.6. The van der Waals surface area contributed by atoms with Crippen LogP contribution in [0.1, 0.15) is 50.4 Å². The number of rotatable bonds is 4. The molecule has 0 radical (unpaired) electrons. The molecule has 9 heteroatoms. The van der Waals surface area contributed by atoms with Crippen LogP contribution in [0.15, 0.2) is 18.2 Å². The van der Waals surface area contributed by atoms with Crippen LogP contribution in [0.5, 0.6) is 0 Å². The van der Waals surface area contributed by atoms with Crippen LogP contribution in [-0.2, 0) is 17.6 Å². The molecule has 142 valence electrons. The molecular formula is C18H17ClN2O5S. The molecule has 1 aliphatic carbocycles. The van der Waals surface area contributed by atoms with Crippen LogP contribution < -0.4 is 5.32 Å². The monoisotopic (exact) mass is 408 g/mol. The van der Waals surface area contributed by atoms with E-state index >= 15 is 0 Å². The van der Waals surface area contributed by atoms with Gasteiger partial charge in [-0.25, -0.2) is 4.79 Å². The summed E-state index contributed by atoms with van der Waals surface area (Å²) < 4.78 is 4.90. The number of nitro groups is 1. The Balaban J connectivity index is 1.98. The van der Waals surface area contributed by atoms with Crippen LogP contribution >= 0.6 is 22.9 Å². The maximum atomic E-state index is 12.7. The second-order valence-corrected chi connectivity index (χ2v) is 7.65. The van der Waals surface area contributed by atoms with Gasteiger partial charge in [-0.05, 0) is 37.3 Å². The molecule has 0 fully saturated rings. The summed E-state index contributed by atoms with van der Waals surface area (Å²) in [6, 6.07) is 3.65. The fourth-order valence-corrected chi connectivity index (χ4v) is 4.60. The van der Waals surface area contributed by atoms with Gasteiger partial charge < -0.3 is 10.1 Å². The molecule has 1 aliphatic rings. The molecule has 0 saturated carbocycles. The molecule has 3 rings (SSSR count). The molecule has 27 heavy (non-hydrogen) atoms. The van der Waals surface area contributed by atoms with Crippen molar-refractivity contribution >= 4 is 45.5 Å². The van der Waals surface area contributed by atoms with E-state index in [1.54, 1.807) is 0 Å². The molecule has 1 amide bonds. The molecule has 1 aromatic heterocycles. The number of fused-ring (bicyclic) bond motifs is 1. The Morgan fingerprint density at radius 3 is 2.70 bits per heavy atom. The predicted octanol–water partition coefficient (Wildman–Crippen LogP) is 4.62. The first-order valence-electron chi connectivity index (χ1n) is 8.40. The van der Waals surface area contributed by atoms with Gasteiger partial charge in [0.15, 0.2) is 0 Å². The van der Waals surface area contributed by atoms with Crippen LogP contribution in [0.25, 0.3) is 0 Å². The largest absolute Gasteiger partial charge is 0.465 e. The van der Waals surface area contributed by atoms with Crippen molar-refractivity contribution in [2.45, 2.75) is 32.1 Å². The topological polar surface area (TPSA) is 98.5 Å². The van der Waals surface area contributed by atoms with Crippen LogP contribution in [-0.4, -0.2) is 23.9 Å². The van der Waals surface area contributed by atoms with E-state index in [9.17, 15) is 19.7 Å². The number of nitrogens with one attached hydrogen (secondary N) is 1. The Morgan fingerprint density at radius 1 is 1.26 bits per heavy atom. The van der Waals surface area contributed by atoms with E-state index in [0.29, 0.717) is 10.6 Å². The van der Waals surface area contributed by atoms with Crippen molar-refractivity contribution in [3.05, 3.63) is 54.9 Å². The maximum Gasteiger partial charge on any atom is 0.341 e. The molecule has 0 bridgehead atoms. The number of thiophene rings is 1. The summed E-state index contributed by atoms with van der Waals surface area (Å²) in [5.41, 5.74) is 1.03. The normalized spacial score (nSPS) is 13.4. The number of hydrogen-bond donors (Lipinski definition) is 1. The Labute approximate surface area is 164 Å². The van der Waals surface area contributed by atoms with Crippen molar-refractivity contribution in [2.75, 3.05) is 12.4 Å². The zero-order valence-electron chi connectivity index (χ0n) is 14.5. The molecular weight excluding hydrogens is 392 g/mol. The number of nitro benzene ring substituents is 1. The highest BCUT2D eigenvalue weighted by atomic mass is 35.5. The zero-order valence-corrected chi connectivity index (χ0v) is 16.1. The van der Waals surface area contributed by atoms with Crippen molar-refractivity contribution in [1.82, 2.24) is 0 Å². The number of carbonyl (C=O) groups is 2. The van der Waals surface area contributed by atoms with Crippen molar-refractivity contribution in [2.24, 2.45) is 0 Å². The molecule has 0 saturated heterocycles. The van der Waals surface area contributed by atoms with E-state index in [1.165, 1.54) is 30.6 Å². The van der Waals surface area contributed by atoms with Gasteiger partial charge in [-0.2, -0.15) is 0 Å². The highest BCUT2D eigenvalue weighted by Gasteiger charge is 2.27. The van der Waals surface area contributed by atoms with Gasteiger partial charge in [0.2, 0.25) is 0 Å². The van der Waals surface area contributed by atoms with Gasteiger partial charge in [0.1, 0.15) is 5.00 Å². The standard InChI is InChI=1S/C18H17ClN2O5S/c1-26-18(23)15-11-5-3-2-4-6-14(11)27-17(15)20-16(22)12-9-10(21(24)25)7-8-13(12)19/h7-9H,2-6H2,1H3,(H,20,22). The van der Waals surface area contributed by atoms with Gasteiger partial charge in [0.05, 0.1) is 28.2 Å². The number of aryl methyl sites for hydroxylation is 1. The number of non-ortho nitro benzene ring substituents is 1.